The summed E-state index contributed by atoms with van der Waals surface area (Å²) in [5.74, 6) is 0.651. The van der Waals surface area contributed by atoms with Crippen molar-refractivity contribution in [2.75, 3.05) is 0 Å². The van der Waals surface area contributed by atoms with Crippen molar-refractivity contribution in [2.24, 2.45) is 4.99 Å². The smallest absolute Gasteiger partial charge is 0.264 e. The van der Waals surface area contributed by atoms with Gasteiger partial charge in [-0.1, -0.05) is 66.7 Å². The number of amidine groups is 1. The lowest BCUT2D eigenvalue weighted by Crippen LogP contribution is -2.19. The Morgan fingerprint density at radius 2 is 1.73 bits per heavy atom. The Bertz CT molecular complexity index is 1390. The number of aryl methyl sites for hydroxylation is 1. The SMILES string of the molecule is Cc1cccc(N=C2NC(=O)/C(=C\c3ccc(OCc4cccc5ccccc45)cc3)S2)c1. The average molecular weight is 451 g/mol. The molecule has 0 atom stereocenters. The Morgan fingerprint density at radius 3 is 2.58 bits per heavy atom. The van der Waals surface area contributed by atoms with Gasteiger partial charge < -0.3 is 10.1 Å². The molecule has 4 aromatic carbocycles. The van der Waals surface area contributed by atoms with E-state index in [-0.39, 0.29) is 5.91 Å². The van der Waals surface area contributed by atoms with E-state index in [0.29, 0.717) is 16.7 Å². The van der Waals surface area contributed by atoms with Gasteiger partial charge in [0.2, 0.25) is 0 Å². The molecule has 1 heterocycles. The Morgan fingerprint density at radius 1 is 0.939 bits per heavy atom. The van der Waals surface area contributed by atoms with Crippen molar-refractivity contribution in [2.45, 2.75) is 13.5 Å². The standard InChI is InChI=1S/C28H22N2O2S/c1-19-6-4-10-23(16-19)29-28-30-27(31)26(33-28)17-20-12-14-24(15-13-20)32-18-22-9-5-8-21-7-2-3-11-25(21)22/h2-17H,18H2,1H3,(H,29,30,31)/b26-17+. The first-order valence-corrected chi connectivity index (χ1v) is 11.5. The number of fused-ring (bicyclic) bond motifs is 1. The molecule has 1 N–H and O–H groups in total. The van der Waals surface area contributed by atoms with Crippen LogP contribution in [0.1, 0.15) is 16.7 Å². The van der Waals surface area contributed by atoms with Gasteiger partial charge in [-0.3, -0.25) is 4.79 Å². The number of hydrogen-bond donors (Lipinski definition) is 1. The van der Waals surface area contributed by atoms with Crippen molar-refractivity contribution in [1.29, 1.82) is 0 Å². The summed E-state index contributed by atoms with van der Waals surface area (Å²) in [4.78, 5) is 17.5. The van der Waals surface area contributed by atoms with E-state index < -0.39 is 0 Å². The molecular weight excluding hydrogens is 428 g/mol. The lowest BCUT2D eigenvalue weighted by atomic mass is 10.1. The topological polar surface area (TPSA) is 50.7 Å². The first-order chi connectivity index (χ1) is 16.1. The summed E-state index contributed by atoms with van der Waals surface area (Å²) in [6, 6.07) is 30.2. The van der Waals surface area contributed by atoms with E-state index in [1.165, 1.54) is 22.5 Å². The zero-order valence-electron chi connectivity index (χ0n) is 18.1. The minimum atomic E-state index is -0.136. The number of amides is 1. The highest BCUT2D eigenvalue weighted by molar-refractivity contribution is 8.18. The van der Waals surface area contributed by atoms with Gasteiger partial charge in [0, 0.05) is 0 Å². The zero-order valence-corrected chi connectivity index (χ0v) is 18.9. The van der Waals surface area contributed by atoms with Crippen LogP contribution in [0.25, 0.3) is 16.8 Å². The van der Waals surface area contributed by atoms with Crippen LogP contribution in [0.5, 0.6) is 5.75 Å². The summed E-state index contributed by atoms with van der Waals surface area (Å²) in [7, 11) is 0. The number of thioether (sulfide) groups is 1. The number of rotatable bonds is 5. The fourth-order valence-electron chi connectivity index (χ4n) is 3.69. The summed E-state index contributed by atoms with van der Waals surface area (Å²) in [5.41, 5.74) is 4.04. The van der Waals surface area contributed by atoms with E-state index in [1.807, 2.05) is 73.7 Å². The van der Waals surface area contributed by atoms with Crippen molar-refractivity contribution >= 4 is 45.4 Å². The van der Waals surface area contributed by atoms with Crippen LogP contribution in [0.15, 0.2) is 101 Å². The van der Waals surface area contributed by atoms with Crippen LogP contribution >= 0.6 is 11.8 Å². The molecule has 0 saturated carbocycles. The van der Waals surface area contributed by atoms with Gasteiger partial charge in [-0.25, -0.2) is 4.99 Å². The Hall–Kier alpha value is -3.83. The van der Waals surface area contributed by atoms with Gasteiger partial charge in [0.15, 0.2) is 5.17 Å². The molecule has 4 nitrogen and oxygen atoms in total. The second-order valence-corrected chi connectivity index (χ2v) is 8.85. The van der Waals surface area contributed by atoms with Crippen molar-refractivity contribution in [3.05, 3.63) is 113 Å². The van der Waals surface area contributed by atoms with Gasteiger partial charge in [-0.05, 0) is 76.5 Å². The maximum Gasteiger partial charge on any atom is 0.264 e. The maximum absolute atomic E-state index is 12.4. The van der Waals surface area contributed by atoms with Crippen LogP contribution in [-0.2, 0) is 11.4 Å². The maximum atomic E-state index is 12.4. The second-order valence-electron chi connectivity index (χ2n) is 7.82. The van der Waals surface area contributed by atoms with Crippen LogP contribution in [0, 0.1) is 6.92 Å². The fraction of sp³-hybridized carbons (Fsp3) is 0.0714. The number of carbonyl (C=O) groups is 1. The van der Waals surface area contributed by atoms with E-state index in [1.54, 1.807) is 0 Å². The third kappa shape index (κ3) is 4.99. The summed E-state index contributed by atoms with van der Waals surface area (Å²) in [5, 5.41) is 5.84. The molecule has 1 aliphatic rings. The van der Waals surface area contributed by atoms with Crippen molar-refractivity contribution < 1.29 is 9.53 Å². The molecule has 1 aliphatic heterocycles. The number of aliphatic imine (C=N–C) groups is 1. The van der Waals surface area contributed by atoms with Crippen LogP contribution in [-0.4, -0.2) is 11.1 Å². The third-order valence-corrected chi connectivity index (χ3v) is 6.25. The second kappa shape index (κ2) is 9.35. The third-order valence-electron chi connectivity index (χ3n) is 5.34. The quantitative estimate of drug-likeness (QED) is 0.348. The number of hydrogen-bond acceptors (Lipinski definition) is 4. The molecule has 1 fully saturated rings. The van der Waals surface area contributed by atoms with Crippen LogP contribution in [0.4, 0.5) is 5.69 Å². The average Bonchev–Trinajstić information content (AvgIpc) is 3.17. The molecule has 162 valence electrons. The Balaban J connectivity index is 1.26. The molecule has 0 spiro atoms. The summed E-state index contributed by atoms with van der Waals surface area (Å²) in [6.07, 6.45) is 1.87. The van der Waals surface area contributed by atoms with Crippen LogP contribution < -0.4 is 10.1 Å². The van der Waals surface area contributed by atoms with E-state index in [9.17, 15) is 4.79 Å². The predicted octanol–water partition coefficient (Wildman–Crippen LogP) is 6.62. The van der Waals surface area contributed by atoms with Gasteiger partial charge in [0.1, 0.15) is 12.4 Å². The van der Waals surface area contributed by atoms with Crippen molar-refractivity contribution in [3.8, 4) is 5.75 Å². The minimum Gasteiger partial charge on any atom is -0.489 e. The molecule has 0 radical (unpaired) electrons. The normalized spacial score (nSPS) is 15.8. The highest BCUT2D eigenvalue weighted by atomic mass is 32.2. The van der Waals surface area contributed by atoms with Crippen LogP contribution in [0.3, 0.4) is 0 Å². The van der Waals surface area contributed by atoms with Gasteiger partial charge in [0.05, 0.1) is 10.6 Å². The van der Waals surface area contributed by atoms with E-state index in [2.05, 4.69) is 40.6 Å². The molecule has 4 aromatic rings. The summed E-state index contributed by atoms with van der Waals surface area (Å²) < 4.78 is 6.02. The number of benzene rings is 4. The lowest BCUT2D eigenvalue weighted by Gasteiger charge is -2.09. The Kier molecular flexibility index (Phi) is 5.96. The number of nitrogens with one attached hydrogen (secondary N) is 1. The number of nitrogens with zero attached hydrogens (tertiary/aromatic N) is 1. The number of carbonyl (C=O) groups excluding carboxylic acids is 1. The largest absolute Gasteiger partial charge is 0.489 e. The predicted molar refractivity (Wildman–Crippen MR) is 137 cm³/mol. The summed E-state index contributed by atoms with van der Waals surface area (Å²) >= 11 is 1.35. The minimum absolute atomic E-state index is 0.136. The van der Waals surface area contributed by atoms with Gasteiger partial charge >= 0.3 is 0 Å². The fourth-order valence-corrected chi connectivity index (χ4v) is 4.53. The first kappa shape index (κ1) is 21.0. The van der Waals surface area contributed by atoms with Crippen LogP contribution in [0.2, 0.25) is 0 Å². The Labute approximate surface area is 197 Å². The number of ether oxygens (including phenoxy) is 1. The monoisotopic (exact) mass is 450 g/mol. The molecule has 5 rings (SSSR count). The van der Waals surface area contributed by atoms with E-state index >= 15 is 0 Å². The first-order valence-electron chi connectivity index (χ1n) is 10.7. The van der Waals surface area contributed by atoms with E-state index in [0.717, 1.165) is 28.1 Å². The molecule has 0 unspecified atom stereocenters. The lowest BCUT2D eigenvalue weighted by molar-refractivity contribution is -0.115. The molecule has 1 amide bonds. The molecule has 0 aromatic heterocycles. The van der Waals surface area contributed by atoms with E-state index in [4.69, 9.17) is 4.74 Å². The highest BCUT2D eigenvalue weighted by Crippen LogP contribution is 2.29. The zero-order chi connectivity index (χ0) is 22.6. The van der Waals surface area contributed by atoms with Gasteiger partial charge in [-0.15, -0.1) is 0 Å². The molecule has 0 aliphatic carbocycles. The highest BCUT2D eigenvalue weighted by Gasteiger charge is 2.23. The van der Waals surface area contributed by atoms with Crippen molar-refractivity contribution in [1.82, 2.24) is 5.32 Å². The molecule has 33 heavy (non-hydrogen) atoms. The van der Waals surface area contributed by atoms with Crippen molar-refractivity contribution in [3.63, 3.8) is 0 Å². The van der Waals surface area contributed by atoms with Gasteiger partial charge in [-0.2, -0.15) is 0 Å². The van der Waals surface area contributed by atoms with Gasteiger partial charge in [0.25, 0.3) is 5.91 Å². The summed E-state index contributed by atoms with van der Waals surface area (Å²) in [6.45, 7) is 2.52. The molecular formula is C28H22N2O2S. The molecule has 1 saturated heterocycles. The molecule has 5 heteroatoms. The molecule has 0 bridgehead atoms.